The van der Waals surface area contributed by atoms with E-state index in [-0.39, 0.29) is 5.91 Å². The number of ether oxygens (including phenoxy) is 1. The Morgan fingerprint density at radius 2 is 1.96 bits per heavy atom. The Bertz CT molecular complexity index is 995. The Morgan fingerprint density at radius 3 is 2.68 bits per heavy atom. The molecule has 1 amide bonds. The molecule has 6 nitrogen and oxygen atoms in total. The molecular weight excluding hydrogens is 342 g/mol. The third-order valence-electron chi connectivity index (χ3n) is 3.79. The van der Waals surface area contributed by atoms with Crippen LogP contribution in [0.1, 0.15) is 32.1 Å². The molecule has 0 saturated heterocycles. The molecule has 128 valence electrons. The van der Waals surface area contributed by atoms with Gasteiger partial charge in [0, 0.05) is 6.20 Å². The fourth-order valence-electron chi connectivity index (χ4n) is 2.59. The fraction of sp³-hybridized carbons (Fsp3) is 0.167. The monoisotopic (exact) mass is 357 g/mol. The lowest BCUT2D eigenvalue weighted by molar-refractivity contribution is 0.0600. The van der Waals surface area contributed by atoms with Crippen molar-refractivity contribution in [3.63, 3.8) is 0 Å². The highest BCUT2D eigenvalue weighted by Gasteiger charge is 2.18. The summed E-state index contributed by atoms with van der Waals surface area (Å²) in [5, 5.41) is 3.07. The van der Waals surface area contributed by atoms with Crippen LogP contribution in [0.25, 0.3) is 5.65 Å². The van der Waals surface area contributed by atoms with Gasteiger partial charge in [0.2, 0.25) is 0 Å². The first-order valence-corrected chi connectivity index (χ1v) is 7.93. The van der Waals surface area contributed by atoms with E-state index in [4.69, 9.17) is 11.6 Å². The van der Waals surface area contributed by atoms with E-state index in [1.807, 2.05) is 25.3 Å². The van der Waals surface area contributed by atoms with E-state index in [9.17, 15) is 9.59 Å². The first-order chi connectivity index (χ1) is 11.9. The van der Waals surface area contributed by atoms with Gasteiger partial charge in [0.25, 0.3) is 5.91 Å². The van der Waals surface area contributed by atoms with Crippen LogP contribution in [0.15, 0.2) is 36.5 Å². The summed E-state index contributed by atoms with van der Waals surface area (Å²) >= 11 is 6.14. The number of methoxy groups -OCH3 is 1. The van der Waals surface area contributed by atoms with Gasteiger partial charge in [-0.15, -0.1) is 0 Å². The van der Waals surface area contributed by atoms with Crippen LogP contribution in [-0.4, -0.2) is 28.4 Å². The molecule has 0 fully saturated rings. The van der Waals surface area contributed by atoms with Crippen molar-refractivity contribution in [3.8, 4) is 0 Å². The molecule has 25 heavy (non-hydrogen) atoms. The van der Waals surface area contributed by atoms with Crippen molar-refractivity contribution in [2.24, 2.45) is 0 Å². The number of hydrogen-bond donors (Lipinski definition) is 1. The lowest BCUT2D eigenvalue weighted by Gasteiger charge is -2.09. The molecule has 0 spiro atoms. The quantitative estimate of drug-likeness (QED) is 0.726. The first kappa shape index (κ1) is 17.0. The number of benzene rings is 1. The first-order valence-electron chi connectivity index (χ1n) is 7.55. The van der Waals surface area contributed by atoms with Gasteiger partial charge < -0.3 is 10.1 Å². The van der Waals surface area contributed by atoms with Gasteiger partial charge >= 0.3 is 5.97 Å². The van der Waals surface area contributed by atoms with E-state index >= 15 is 0 Å². The molecule has 1 aromatic carbocycles. The van der Waals surface area contributed by atoms with Gasteiger partial charge in [0.15, 0.2) is 0 Å². The Morgan fingerprint density at radius 1 is 1.20 bits per heavy atom. The number of esters is 1. The SMILES string of the molecule is COC(=O)c1ccc(Cl)c(NC(=O)c2c(C)nc3ccc(C)cn23)c1. The molecule has 3 rings (SSSR count). The summed E-state index contributed by atoms with van der Waals surface area (Å²) in [5.74, 6) is -0.867. The van der Waals surface area contributed by atoms with Crippen molar-refractivity contribution in [3.05, 3.63) is 64.1 Å². The van der Waals surface area contributed by atoms with Crippen LogP contribution in [0, 0.1) is 13.8 Å². The van der Waals surface area contributed by atoms with Crippen molar-refractivity contribution in [1.29, 1.82) is 0 Å². The third kappa shape index (κ3) is 3.21. The van der Waals surface area contributed by atoms with Gasteiger partial charge in [0.05, 0.1) is 29.1 Å². The Kier molecular flexibility index (Phi) is 4.46. The van der Waals surface area contributed by atoms with Crippen molar-refractivity contribution in [2.45, 2.75) is 13.8 Å². The summed E-state index contributed by atoms with van der Waals surface area (Å²) in [7, 11) is 1.29. The molecule has 1 N–H and O–H groups in total. The predicted octanol–water partition coefficient (Wildman–Crippen LogP) is 3.64. The number of imidazole rings is 1. The van der Waals surface area contributed by atoms with Crippen LogP contribution >= 0.6 is 11.6 Å². The number of fused-ring (bicyclic) bond motifs is 1. The molecular formula is C18H16ClN3O3. The van der Waals surface area contributed by atoms with E-state index in [0.29, 0.717) is 33.3 Å². The summed E-state index contributed by atoms with van der Waals surface area (Å²) < 4.78 is 6.42. The van der Waals surface area contributed by atoms with E-state index in [2.05, 4.69) is 15.0 Å². The van der Waals surface area contributed by atoms with Crippen molar-refractivity contribution < 1.29 is 14.3 Å². The molecule has 0 aliphatic rings. The van der Waals surface area contributed by atoms with Crippen LogP contribution in [-0.2, 0) is 4.74 Å². The second-order valence-electron chi connectivity index (χ2n) is 5.62. The van der Waals surface area contributed by atoms with E-state index in [1.165, 1.54) is 25.3 Å². The predicted molar refractivity (Wildman–Crippen MR) is 95.4 cm³/mol. The molecule has 0 saturated carbocycles. The smallest absolute Gasteiger partial charge is 0.337 e. The molecule has 2 heterocycles. The third-order valence-corrected chi connectivity index (χ3v) is 4.12. The number of anilines is 1. The number of nitrogens with one attached hydrogen (secondary N) is 1. The molecule has 0 aliphatic carbocycles. The van der Waals surface area contributed by atoms with E-state index in [0.717, 1.165) is 5.56 Å². The largest absolute Gasteiger partial charge is 0.465 e. The number of halogens is 1. The number of carbonyl (C=O) groups excluding carboxylic acids is 2. The zero-order valence-electron chi connectivity index (χ0n) is 14.0. The minimum absolute atomic E-state index is 0.299. The van der Waals surface area contributed by atoms with Gasteiger partial charge in [-0.05, 0) is 43.7 Å². The summed E-state index contributed by atoms with van der Waals surface area (Å²) in [6.45, 7) is 3.71. The zero-order chi connectivity index (χ0) is 18.1. The Hall–Kier alpha value is -2.86. The molecule has 2 aromatic heterocycles. The maximum atomic E-state index is 12.8. The fourth-order valence-corrected chi connectivity index (χ4v) is 2.75. The average Bonchev–Trinajstić information content (AvgIpc) is 2.91. The molecule has 0 unspecified atom stereocenters. The maximum Gasteiger partial charge on any atom is 0.337 e. The maximum absolute atomic E-state index is 12.8. The number of aromatic nitrogens is 2. The molecule has 3 aromatic rings. The van der Waals surface area contributed by atoms with Crippen LogP contribution in [0.5, 0.6) is 0 Å². The second-order valence-corrected chi connectivity index (χ2v) is 6.03. The normalized spacial score (nSPS) is 10.7. The number of hydrogen-bond acceptors (Lipinski definition) is 4. The molecule has 0 bridgehead atoms. The minimum atomic E-state index is -0.506. The van der Waals surface area contributed by atoms with Crippen molar-refractivity contribution >= 4 is 34.8 Å². The number of aryl methyl sites for hydroxylation is 2. The number of carbonyl (C=O) groups is 2. The van der Waals surface area contributed by atoms with Gasteiger partial charge in [-0.1, -0.05) is 17.7 Å². The van der Waals surface area contributed by atoms with Crippen molar-refractivity contribution in [2.75, 3.05) is 12.4 Å². The summed E-state index contributed by atoms with van der Waals surface area (Å²) in [4.78, 5) is 28.8. The highest BCUT2D eigenvalue weighted by atomic mass is 35.5. The van der Waals surface area contributed by atoms with Crippen molar-refractivity contribution in [1.82, 2.24) is 9.38 Å². The summed E-state index contributed by atoms with van der Waals surface area (Å²) in [6, 6.07) is 8.33. The highest BCUT2D eigenvalue weighted by molar-refractivity contribution is 6.34. The van der Waals surface area contributed by atoms with Crippen LogP contribution in [0.4, 0.5) is 5.69 Å². The van der Waals surface area contributed by atoms with Crippen LogP contribution in [0.3, 0.4) is 0 Å². The van der Waals surface area contributed by atoms with Gasteiger partial charge in [-0.25, -0.2) is 9.78 Å². The molecule has 0 atom stereocenters. The topological polar surface area (TPSA) is 72.7 Å². The summed E-state index contributed by atoms with van der Waals surface area (Å²) in [5.41, 5.74) is 3.33. The number of nitrogens with zero attached hydrogens (tertiary/aromatic N) is 2. The minimum Gasteiger partial charge on any atom is -0.465 e. The Balaban J connectivity index is 1.99. The van der Waals surface area contributed by atoms with Gasteiger partial charge in [-0.2, -0.15) is 0 Å². The molecule has 0 radical (unpaired) electrons. The highest BCUT2D eigenvalue weighted by Crippen LogP contribution is 2.25. The number of amides is 1. The number of rotatable bonds is 3. The molecule has 7 heteroatoms. The van der Waals surface area contributed by atoms with E-state index in [1.54, 1.807) is 11.3 Å². The van der Waals surface area contributed by atoms with Gasteiger partial charge in [0.1, 0.15) is 11.3 Å². The second kappa shape index (κ2) is 6.57. The lowest BCUT2D eigenvalue weighted by atomic mass is 10.2. The Labute approximate surface area is 149 Å². The zero-order valence-corrected chi connectivity index (χ0v) is 14.7. The van der Waals surface area contributed by atoms with Crippen LogP contribution < -0.4 is 5.32 Å². The van der Waals surface area contributed by atoms with E-state index < -0.39 is 5.97 Å². The number of pyridine rings is 1. The van der Waals surface area contributed by atoms with Gasteiger partial charge in [-0.3, -0.25) is 9.20 Å². The van der Waals surface area contributed by atoms with Crippen LogP contribution in [0.2, 0.25) is 5.02 Å². The summed E-state index contributed by atoms with van der Waals surface area (Å²) in [6.07, 6.45) is 1.84. The standard InChI is InChI=1S/C18H16ClN3O3/c1-10-4-7-15-20-11(2)16(22(15)9-10)17(23)21-14-8-12(18(24)25-3)5-6-13(14)19/h4-9H,1-3H3,(H,21,23). The lowest BCUT2D eigenvalue weighted by Crippen LogP contribution is -2.16. The molecule has 0 aliphatic heterocycles. The average molecular weight is 358 g/mol.